The first kappa shape index (κ1) is 31.5. The summed E-state index contributed by atoms with van der Waals surface area (Å²) < 4.78 is 65.4. The summed E-state index contributed by atoms with van der Waals surface area (Å²) in [4.78, 5) is 57.4. The van der Waals surface area contributed by atoms with Crippen LogP contribution < -0.4 is 25.9 Å². The molecule has 0 bridgehead atoms. The second-order valence-corrected chi connectivity index (χ2v) is 11.1. The molecule has 244 valence electrons. The molecule has 2 fully saturated rings. The number of cyclic esters (lactones) is 1. The van der Waals surface area contributed by atoms with Crippen LogP contribution in [0, 0.1) is 23.3 Å². The lowest BCUT2D eigenvalue weighted by Gasteiger charge is -2.37. The van der Waals surface area contributed by atoms with Gasteiger partial charge in [0.1, 0.15) is 40.9 Å². The normalized spacial score (nSPS) is 17.3. The van der Waals surface area contributed by atoms with Gasteiger partial charge < -0.3 is 25.4 Å². The highest BCUT2D eigenvalue weighted by Crippen LogP contribution is 2.31. The van der Waals surface area contributed by atoms with Crippen LogP contribution in [-0.2, 0) is 9.53 Å². The minimum absolute atomic E-state index is 0.0272. The van der Waals surface area contributed by atoms with Crippen molar-refractivity contribution in [1.82, 2.24) is 9.55 Å². The Hall–Kier alpha value is -5.51. The average molecular weight is 655 g/mol. The van der Waals surface area contributed by atoms with Gasteiger partial charge in [-0.2, -0.15) is 0 Å². The highest BCUT2D eigenvalue weighted by molar-refractivity contribution is 5.93. The SMILES string of the molecule is CC(=O)[C@@H](N)C1CN(c2ccc(N3CCN(c4nc5c(cc4F)c(=O)c(C(=O)O)cn5-c4ccc(F)cc4F)CC3)c(F)c2)C(=O)O1. The number of rotatable bonds is 7. The number of pyridine rings is 2. The van der Waals surface area contributed by atoms with Gasteiger partial charge in [-0.1, -0.05) is 0 Å². The number of aromatic carboxylic acids is 1. The molecule has 2 saturated heterocycles. The fourth-order valence-corrected chi connectivity index (χ4v) is 5.67. The van der Waals surface area contributed by atoms with Gasteiger partial charge in [0.05, 0.1) is 29.0 Å². The summed E-state index contributed by atoms with van der Waals surface area (Å²) in [5, 5.41) is 9.12. The zero-order valence-electron chi connectivity index (χ0n) is 24.6. The van der Waals surface area contributed by atoms with Crippen LogP contribution in [0.3, 0.4) is 0 Å². The summed E-state index contributed by atoms with van der Waals surface area (Å²) in [6.07, 6.45) is -0.782. The first-order valence-corrected chi connectivity index (χ1v) is 14.3. The molecular formula is C31H26F4N6O6. The molecule has 6 rings (SSSR count). The Bertz CT molecular complexity index is 2020. The Balaban J connectivity index is 1.26. The summed E-state index contributed by atoms with van der Waals surface area (Å²) in [6, 6.07) is 6.54. The Labute approximate surface area is 263 Å². The van der Waals surface area contributed by atoms with Gasteiger partial charge in [-0.05, 0) is 43.3 Å². The van der Waals surface area contributed by atoms with Crippen LogP contribution in [0.1, 0.15) is 17.3 Å². The summed E-state index contributed by atoms with van der Waals surface area (Å²) in [6.45, 7) is 1.94. The number of fused-ring (bicyclic) bond motifs is 1. The molecule has 4 heterocycles. The van der Waals surface area contributed by atoms with Crippen molar-refractivity contribution in [1.29, 1.82) is 0 Å². The lowest BCUT2D eigenvalue weighted by Crippen LogP contribution is -2.47. The molecule has 4 aromatic rings. The average Bonchev–Trinajstić information content (AvgIpc) is 3.42. The smallest absolute Gasteiger partial charge is 0.414 e. The second-order valence-electron chi connectivity index (χ2n) is 11.1. The van der Waals surface area contributed by atoms with E-state index in [1.165, 1.54) is 28.9 Å². The molecule has 2 aliphatic rings. The van der Waals surface area contributed by atoms with Gasteiger partial charge in [0, 0.05) is 38.4 Å². The molecule has 2 atom stereocenters. The van der Waals surface area contributed by atoms with Crippen molar-refractivity contribution in [2.24, 2.45) is 5.73 Å². The van der Waals surface area contributed by atoms with Gasteiger partial charge in [0.15, 0.2) is 17.3 Å². The first-order valence-electron chi connectivity index (χ1n) is 14.3. The van der Waals surface area contributed by atoms with E-state index in [2.05, 4.69) is 4.98 Å². The maximum atomic E-state index is 15.4. The largest absolute Gasteiger partial charge is 0.477 e. The number of ketones is 1. The van der Waals surface area contributed by atoms with Crippen molar-refractivity contribution >= 4 is 46.1 Å². The van der Waals surface area contributed by atoms with Crippen molar-refractivity contribution in [3.63, 3.8) is 0 Å². The van der Waals surface area contributed by atoms with Crippen LogP contribution in [0.4, 0.5) is 39.5 Å². The van der Waals surface area contributed by atoms with E-state index in [0.717, 1.165) is 35.0 Å². The van der Waals surface area contributed by atoms with Gasteiger partial charge in [0.2, 0.25) is 5.43 Å². The number of carboxylic acids is 1. The summed E-state index contributed by atoms with van der Waals surface area (Å²) in [5.74, 6) is -5.73. The molecule has 0 aliphatic carbocycles. The number of hydrogen-bond acceptors (Lipinski definition) is 9. The van der Waals surface area contributed by atoms with Gasteiger partial charge in [-0.3, -0.25) is 19.1 Å². The predicted molar refractivity (Wildman–Crippen MR) is 161 cm³/mol. The molecule has 16 heteroatoms. The van der Waals surface area contributed by atoms with Crippen LogP contribution in [0.2, 0.25) is 0 Å². The highest BCUT2D eigenvalue weighted by atomic mass is 19.1. The van der Waals surface area contributed by atoms with Gasteiger partial charge in [0.25, 0.3) is 0 Å². The number of carboxylic acid groups (broad SMARTS) is 1. The number of halogens is 4. The zero-order chi connectivity index (χ0) is 33.7. The molecule has 2 aliphatic heterocycles. The monoisotopic (exact) mass is 654 g/mol. The molecular weight excluding hydrogens is 628 g/mol. The molecule has 12 nitrogen and oxygen atoms in total. The molecule has 47 heavy (non-hydrogen) atoms. The number of benzene rings is 2. The number of hydrogen-bond donors (Lipinski definition) is 2. The second kappa shape index (κ2) is 12.0. The maximum absolute atomic E-state index is 15.4. The van der Waals surface area contributed by atoms with Crippen LogP contribution >= 0.6 is 0 Å². The molecule has 1 amide bonds. The van der Waals surface area contributed by atoms with E-state index in [4.69, 9.17) is 10.5 Å². The van der Waals surface area contributed by atoms with E-state index in [9.17, 15) is 33.1 Å². The van der Waals surface area contributed by atoms with Crippen LogP contribution in [0.25, 0.3) is 16.7 Å². The number of nitrogens with zero attached hydrogens (tertiary/aromatic N) is 5. The third kappa shape index (κ3) is 5.71. The fraction of sp³-hybridized carbons (Fsp3) is 0.258. The van der Waals surface area contributed by atoms with Crippen molar-refractivity contribution in [2.75, 3.05) is 47.4 Å². The molecule has 0 spiro atoms. The Morgan fingerprint density at radius 3 is 2.23 bits per heavy atom. The van der Waals surface area contributed by atoms with Crippen LogP contribution in [0.5, 0.6) is 0 Å². The molecule has 1 unspecified atom stereocenters. The standard InChI is InChI=1S/C31H26F4N6O6/c1-15(42)26(36)25-14-40(31(46)47-25)17-3-5-23(21(34)11-17)38-6-8-39(9-7-38)29-22(35)12-18-27(43)19(30(44)45)13-41(28(18)37-29)24-4-2-16(32)10-20(24)33/h2-5,10-13,25-26H,6-9,14,36H2,1H3,(H,44,45)/t25?,26-/m1/s1. The number of piperazine rings is 1. The predicted octanol–water partition coefficient (Wildman–Crippen LogP) is 3.21. The molecule has 2 aromatic heterocycles. The van der Waals surface area contributed by atoms with Gasteiger partial charge in [-0.25, -0.2) is 32.1 Å². The van der Waals surface area contributed by atoms with Crippen molar-refractivity contribution in [3.05, 3.63) is 87.7 Å². The van der Waals surface area contributed by atoms with Crippen LogP contribution in [-0.4, -0.2) is 77.4 Å². The number of anilines is 3. The number of nitrogens with two attached hydrogens (primary N) is 1. The quantitative estimate of drug-likeness (QED) is 0.285. The van der Waals surface area contributed by atoms with Crippen molar-refractivity contribution in [2.45, 2.75) is 19.1 Å². The minimum atomic E-state index is -1.63. The first-order chi connectivity index (χ1) is 22.3. The van der Waals surface area contributed by atoms with Gasteiger partial charge in [-0.15, -0.1) is 0 Å². The van der Waals surface area contributed by atoms with Gasteiger partial charge >= 0.3 is 12.1 Å². The minimum Gasteiger partial charge on any atom is -0.477 e. The zero-order valence-corrected chi connectivity index (χ0v) is 24.6. The van der Waals surface area contributed by atoms with E-state index in [0.29, 0.717) is 6.07 Å². The lowest BCUT2D eigenvalue weighted by molar-refractivity contribution is -0.120. The Morgan fingerprint density at radius 2 is 1.60 bits per heavy atom. The number of carbonyl (C=O) groups excluding carboxylic acids is 2. The highest BCUT2D eigenvalue weighted by Gasteiger charge is 2.38. The van der Waals surface area contributed by atoms with Crippen molar-refractivity contribution in [3.8, 4) is 5.69 Å². The molecule has 3 N–H and O–H groups in total. The lowest BCUT2D eigenvalue weighted by atomic mass is 10.1. The van der Waals surface area contributed by atoms with E-state index < -0.39 is 63.9 Å². The summed E-state index contributed by atoms with van der Waals surface area (Å²) in [7, 11) is 0. The summed E-state index contributed by atoms with van der Waals surface area (Å²) >= 11 is 0. The number of ether oxygens (including phenoxy) is 1. The van der Waals surface area contributed by atoms with Crippen LogP contribution in [0.15, 0.2) is 53.5 Å². The van der Waals surface area contributed by atoms with E-state index >= 15 is 8.78 Å². The third-order valence-electron chi connectivity index (χ3n) is 8.18. The number of Topliss-reactive ketones (excluding diaryl/α,β-unsaturated/α-hetero) is 1. The number of amides is 1. The topological polar surface area (TPSA) is 151 Å². The third-order valence-corrected chi connectivity index (χ3v) is 8.18. The molecule has 0 radical (unpaired) electrons. The maximum Gasteiger partial charge on any atom is 0.414 e. The van der Waals surface area contributed by atoms with E-state index in [1.54, 1.807) is 4.90 Å². The number of aromatic nitrogens is 2. The van der Waals surface area contributed by atoms with E-state index in [-0.39, 0.29) is 67.0 Å². The summed E-state index contributed by atoms with van der Waals surface area (Å²) in [5.41, 5.74) is 3.87. The number of carbonyl (C=O) groups is 3. The van der Waals surface area contributed by atoms with E-state index in [1.807, 2.05) is 0 Å². The molecule has 2 aromatic carbocycles. The Morgan fingerprint density at radius 1 is 0.936 bits per heavy atom. The fourth-order valence-electron chi connectivity index (χ4n) is 5.67. The van der Waals surface area contributed by atoms with Crippen molar-refractivity contribution < 1.29 is 41.8 Å². The Kier molecular flexibility index (Phi) is 8.05. The molecule has 0 saturated carbocycles.